The summed E-state index contributed by atoms with van der Waals surface area (Å²) in [6.07, 6.45) is 0.319. The number of hydrogen-bond acceptors (Lipinski definition) is 3. The summed E-state index contributed by atoms with van der Waals surface area (Å²) in [6, 6.07) is 22.7. The van der Waals surface area contributed by atoms with Gasteiger partial charge in [-0.3, -0.25) is 9.59 Å². The van der Waals surface area contributed by atoms with Crippen LogP contribution in [0.25, 0.3) is 11.3 Å². The highest BCUT2D eigenvalue weighted by molar-refractivity contribution is 6.38. The van der Waals surface area contributed by atoms with Crippen molar-refractivity contribution in [2.75, 3.05) is 17.7 Å². The molecule has 5 nitrogen and oxygen atoms in total. The van der Waals surface area contributed by atoms with Gasteiger partial charge >= 0.3 is 0 Å². The molecule has 0 saturated heterocycles. The van der Waals surface area contributed by atoms with Crippen molar-refractivity contribution in [3.8, 4) is 0 Å². The maximum atomic E-state index is 12.9. The first-order valence-corrected chi connectivity index (χ1v) is 9.90. The zero-order chi connectivity index (χ0) is 21.1. The smallest absolute Gasteiger partial charge is 0.258 e. The van der Waals surface area contributed by atoms with E-state index in [1.807, 2.05) is 60.7 Å². The number of fused-ring (bicyclic) bond motifs is 1. The second-order valence-electron chi connectivity index (χ2n) is 6.93. The molecular formula is C24H20ClN3O2. The molecule has 0 aromatic heterocycles. The summed E-state index contributed by atoms with van der Waals surface area (Å²) >= 11 is 6.09. The van der Waals surface area contributed by atoms with Crippen LogP contribution in [-0.4, -0.2) is 18.9 Å². The van der Waals surface area contributed by atoms with E-state index in [0.717, 1.165) is 22.4 Å². The SMILES string of the molecule is CNC(=O)Cc1ccc(N/C(=C2\C(=O)Nc3cc(Cl)ccc32)c2ccccc2)cc1. The molecule has 4 rings (SSSR count). The molecular weight excluding hydrogens is 398 g/mol. The summed E-state index contributed by atoms with van der Waals surface area (Å²) in [5, 5.41) is 9.49. The number of carbonyl (C=O) groups is 2. The minimum absolute atomic E-state index is 0.0410. The van der Waals surface area contributed by atoms with Crippen LogP contribution in [0.3, 0.4) is 0 Å². The highest BCUT2D eigenvalue weighted by Crippen LogP contribution is 2.38. The molecule has 30 heavy (non-hydrogen) atoms. The number of rotatable bonds is 5. The average Bonchev–Trinajstić information content (AvgIpc) is 3.08. The van der Waals surface area contributed by atoms with Crippen LogP contribution in [0.5, 0.6) is 0 Å². The summed E-state index contributed by atoms with van der Waals surface area (Å²) in [4.78, 5) is 24.5. The summed E-state index contributed by atoms with van der Waals surface area (Å²) in [7, 11) is 1.62. The van der Waals surface area contributed by atoms with Crippen LogP contribution in [0.15, 0.2) is 72.8 Å². The quantitative estimate of drug-likeness (QED) is 0.533. The average molecular weight is 418 g/mol. The molecule has 1 aliphatic rings. The summed E-state index contributed by atoms with van der Waals surface area (Å²) in [6.45, 7) is 0. The molecule has 2 amide bonds. The molecule has 1 heterocycles. The van der Waals surface area contributed by atoms with Gasteiger partial charge in [-0.1, -0.05) is 60.1 Å². The van der Waals surface area contributed by atoms with Crippen LogP contribution in [0.1, 0.15) is 16.7 Å². The number of anilines is 2. The Morgan fingerprint density at radius 2 is 1.73 bits per heavy atom. The lowest BCUT2D eigenvalue weighted by molar-refractivity contribution is -0.120. The molecule has 0 radical (unpaired) electrons. The standard InChI is InChI=1S/C24H20ClN3O2/c1-26-21(29)13-15-7-10-18(11-8-15)27-23(16-5-3-2-4-6-16)22-19-12-9-17(25)14-20(19)28-24(22)30/h2-12,14,27H,13H2,1H3,(H,26,29)(H,28,30)/b23-22-. The number of benzene rings is 3. The highest BCUT2D eigenvalue weighted by atomic mass is 35.5. The molecule has 3 aromatic carbocycles. The molecule has 0 atom stereocenters. The Morgan fingerprint density at radius 1 is 1.00 bits per heavy atom. The zero-order valence-electron chi connectivity index (χ0n) is 16.3. The third-order valence-corrected chi connectivity index (χ3v) is 5.14. The molecule has 3 aromatic rings. The molecule has 1 aliphatic heterocycles. The molecule has 150 valence electrons. The maximum Gasteiger partial charge on any atom is 0.258 e. The fourth-order valence-corrected chi connectivity index (χ4v) is 3.57. The Kier molecular flexibility index (Phi) is 5.55. The third kappa shape index (κ3) is 4.07. The van der Waals surface area contributed by atoms with Gasteiger partial charge in [0.05, 0.1) is 23.4 Å². The maximum absolute atomic E-state index is 12.9. The van der Waals surface area contributed by atoms with Gasteiger partial charge in [-0.2, -0.15) is 0 Å². The van der Waals surface area contributed by atoms with Gasteiger partial charge in [0.1, 0.15) is 0 Å². The molecule has 0 saturated carbocycles. The predicted molar refractivity (Wildman–Crippen MR) is 121 cm³/mol. The predicted octanol–water partition coefficient (Wildman–Crippen LogP) is 4.56. The van der Waals surface area contributed by atoms with Crippen LogP contribution in [0.4, 0.5) is 11.4 Å². The lowest BCUT2D eigenvalue weighted by Gasteiger charge is -2.15. The number of halogens is 1. The van der Waals surface area contributed by atoms with Gasteiger partial charge in [0.2, 0.25) is 5.91 Å². The minimum Gasteiger partial charge on any atom is -0.359 e. The van der Waals surface area contributed by atoms with Crippen LogP contribution in [-0.2, 0) is 16.0 Å². The Labute approximate surface area is 179 Å². The Bertz CT molecular complexity index is 1140. The topological polar surface area (TPSA) is 70.2 Å². The van der Waals surface area contributed by atoms with Gasteiger partial charge in [-0.15, -0.1) is 0 Å². The number of likely N-dealkylation sites (N-methyl/N-ethyl adjacent to an activating group) is 1. The number of amides is 2. The third-order valence-electron chi connectivity index (χ3n) is 4.91. The number of carbonyl (C=O) groups excluding carboxylic acids is 2. The molecule has 0 unspecified atom stereocenters. The molecule has 3 N–H and O–H groups in total. The van der Waals surface area contributed by atoms with E-state index < -0.39 is 0 Å². The fraction of sp³-hybridized carbons (Fsp3) is 0.0833. The van der Waals surface area contributed by atoms with Crippen molar-refractivity contribution >= 4 is 46.1 Å². The van der Waals surface area contributed by atoms with E-state index in [2.05, 4.69) is 16.0 Å². The summed E-state index contributed by atoms with van der Waals surface area (Å²) in [5.41, 5.74) is 5.37. The number of nitrogens with one attached hydrogen (secondary N) is 3. The molecule has 0 aliphatic carbocycles. The first kappa shape index (κ1) is 19.7. The van der Waals surface area contributed by atoms with E-state index in [1.54, 1.807) is 19.2 Å². The lowest BCUT2D eigenvalue weighted by atomic mass is 10.00. The fourth-order valence-electron chi connectivity index (χ4n) is 3.40. The van der Waals surface area contributed by atoms with Crippen molar-refractivity contribution in [3.05, 3.63) is 94.5 Å². The van der Waals surface area contributed by atoms with Gasteiger partial charge < -0.3 is 16.0 Å². The van der Waals surface area contributed by atoms with Crippen LogP contribution in [0, 0.1) is 0 Å². The van der Waals surface area contributed by atoms with Crippen LogP contribution < -0.4 is 16.0 Å². The Hall–Kier alpha value is -3.57. The summed E-state index contributed by atoms with van der Waals surface area (Å²) in [5.74, 6) is -0.226. The molecule has 6 heteroatoms. The van der Waals surface area contributed by atoms with E-state index in [4.69, 9.17) is 11.6 Å². The second-order valence-corrected chi connectivity index (χ2v) is 7.37. The van der Waals surface area contributed by atoms with Crippen LogP contribution in [0.2, 0.25) is 5.02 Å². The first-order chi connectivity index (χ1) is 14.5. The van der Waals surface area contributed by atoms with Crippen LogP contribution >= 0.6 is 11.6 Å². The van der Waals surface area contributed by atoms with Crippen molar-refractivity contribution in [3.63, 3.8) is 0 Å². The minimum atomic E-state index is -0.185. The Morgan fingerprint density at radius 3 is 2.43 bits per heavy atom. The van der Waals surface area contributed by atoms with Crippen molar-refractivity contribution < 1.29 is 9.59 Å². The van der Waals surface area contributed by atoms with Crippen molar-refractivity contribution in [2.24, 2.45) is 0 Å². The zero-order valence-corrected chi connectivity index (χ0v) is 17.1. The van der Waals surface area contributed by atoms with E-state index in [-0.39, 0.29) is 11.8 Å². The summed E-state index contributed by atoms with van der Waals surface area (Å²) < 4.78 is 0. The van der Waals surface area contributed by atoms with E-state index in [0.29, 0.717) is 28.4 Å². The van der Waals surface area contributed by atoms with Crippen molar-refractivity contribution in [1.29, 1.82) is 0 Å². The Balaban J connectivity index is 1.75. The molecule has 0 bridgehead atoms. The van der Waals surface area contributed by atoms with Gasteiger partial charge in [-0.25, -0.2) is 0 Å². The number of hydrogen-bond donors (Lipinski definition) is 3. The highest BCUT2D eigenvalue weighted by Gasteiger charge is 2.28. The van der Waals surface area contributed by atoms with Crippen molar-refractivity contribution in [2.45, 2.75) is 6.42 Å². The van der Waals surface area contributed by atoms with E-state index in [9.17, 15) is 9.59 Å². The monoisotopic (exact) mass is 417 g/mol. The van der Waals surface area contributed by atoms with Gasteiger partial charge in [0.25, 0.3) is 5.91 Å². The van der Waals surface area contributed by atoms with Gasteiger partial charge in [0, 0.05) is 23.3 Å². The van der Waals surface area contributed by atoms with Gasteiger partial charge in [-0.05, 0) is 35.4 Å². The molecule has 0 fully saturated rings. The lowest BCUT2D eigenvalue weighted by Crippen LogP contribution is -2.19. The normalized spacial score (nSPS) is 14.0. The van der Waals surface area contributed by atoms with Crippen molar-refractivity contribution in [1.82, 2.24) is 5.32 Å². The van der Waals surface area contributed by atoms with Gasteiger partial charge in [0.15, 0.2) is 0 Å². The first-order valence-electron chi connectivity index (χ1n) is 9.52. The largest absolute Gasteiger partial charge is 0.359 e. The van der Waals surface area contributed by atoms with E-state index in [1.165, 1.54) is 0 Å². The second kappa shape index (κ2) is 8.43. The molecule has 0 spiro atoms. The van der Waals surface area contributed by atoms with E-state index >= 15 is 0 Å².